The van der Waals surface area contributed by atoms with Gasteiger partial charge in [-0.2, -0.15) is 0 Å². The van der Waals surface area contributed by atoms with Crippen molar-refractivity contribution in [1.82, 2.24) is 10.2 Å². The number of nitrogens with one attached hydrogen (secondary N) is 2. The van der Waals surface area contributed by atoms with E-state index in [1.54, 1.807) is 12.1 Å². The van der Waals surface area contributed by atoms with Gasteiger partial charge in [0.15, 0.2) is 0 Å². The summed E-state index contributed by atoms with van der Waals surface area (Å²) in [5.74, 6) is -0.971. The number of hydrogen-bond acceptors (Lipinski definition) is 4. The molecule has 2 aromatic rings. The van der Waals surface area contributed by atoms with Crippen molar-refractivity contribution in [3.05, 3.63) is 59.9 Å². The zero-order chi connectivity index (χ0) is 20.6. The van der Waals surface area contributed by atoms with Gasteiger partial charge in [0.05, 0.1) is 0 Å². The number of nitrogens with zero attached hydrogens (tertiary/aromatic N) is 2. The van der Waals surface area contributed by atoms with Crippen LogP contribution in [0.1, 0.15) is 12.0 Å². The summed E-state index contributed by atoms with van der Waals surface area (Å²) < 4.78 is 12.9. The summed E-state index contributed by atoms with van der Waals surface area (Å²) in [6.45, 7) is 4.45. The summed E-state index contributed by atoms with van der Waals surface area (Å²) in [7, 11) is 2.12. The molecule has 6 nitrogen and oxygen atoms in total. The minimum absolute atomic E-state index is 0.233. The summed E-state index contributed by atoms with van der Waals surface area (Å²) in [6.07, 6.45) is 0.352. The molecule has 2 N–H and O–H groups in total. The number of benzene rings is 2. The predicted molar refractivity (Wildman–Crippen MR) is 113 cm³/mol. The molecule has 1 aliphatic heterocycles. The average Bonchev–Trinajstić information content (AvgIpc) is 2.71. The zero-order valence-electron chi connectivity index (χ0n) is 16.7. The molecule has 0 spiro atoms. The van der Waals surface area contributed by atoms with E-state index in [0.717, 1.165) is 37.4 Å². The molecular formula is C22H27FN4O2. The summed E-state index contributed by atoms with van der Waals surface area (Å²) in [5.41, 5.74) is 2.73. The Morgan fingerprint density at radius 2 is 1.59 bits per heavy atom. The van der Waals surface area contributed by atoms with Crippen molar-refractivity contribution < 1.29 is 14.0 Å². The third kappa shape index (κ3) is 6.57. The summed E-state index contributed by atoms with van der Waals surface area (Å²) in [5, 5.41) is 5.47. The van der Waals surface area contributed by atoms with Gasteiger partial charge in [0.2, 0.25) is 11.8 Å². The maximum atomic E-state index is 12.9. The minimum Gasteiger partial charge on any atom is -0.369 e. The third-order valence-corrected chi connectivity index (χ3v) is 4.99. The highest BCUT2D eigenvalue weighted by molar-refractivity contribution is 6.03. The molecule has 0 saturated carbocycles. The Balaban J connectivity index is 1.39. The molecule has 7 heteroatoms. The normalized spacial score (nSPS) is 14.5. The number of anilines is 2. The van der Waals surface area contributed by atoms with Crippen molar-refractivity contribution in [2.45, 2.75) is 12.8 Å². The van der Waals surface area contributed by atoms with Gasteiger partial charge in [0.1, 0.15) is 12.2 Å². The number of amides is 2. The van der Waals surface area contributed by atoms with Crippen molar-refractivity contribution >= 4 is 23.2 Å². The van der Waals surface area contributed by atoms with E-state index in [1.807, 2.05) is 24.3 Å². The smallest absolute Gasteiger partial charge is 0.233 e. The molecular weight excluding hydrogens is 371 g/mol. The lowest BCUT2D eigenvalue weighted by Gasteiger charge is -2.34. The Hall–Kier alpha value is -2.93. The highest BCUT2D eigenvalue weighted by Crippen LogP contribution is 2.19. The monoisotopic (exact) mass is 398 g/mol. The van der Waals surface area contributed by atoms with Crippen LogP contribution >= 0.6 is 0 Å². The lowest BCUT2D eigenvalue weighted by Crippen LogP contribution is -2.44. The highest BCUT2D eigenvalue weighted by Gasteiger charge is 2.14. The quantitative estimate of drug-likeness (QED) is 0.703. The number of piperazine rings is 1. The molecule has 0 aliphatic carbocycles. The van der Waals surface area contributed by atoms with E-state index in [2.05, 4.69) is 27.5 Å². The number of carbonyl (C=O) groups excluding carboxylic acids is 2. The van der Waals surface area contributed by atoms with Crippen LogP contribution in [0.2, 0.25) is 0 Å². The first kappa shape index (κ1) is 20.8. The molecule has 0 unspecified atom stereocenters. The largest absolute Gasteiger partial charge is 0.369 e. The van der Waals surface area contributed by atoms with Crippen molar-refractivity contribution in [3.8, 4) is 0 Å². The lowest BCUT2D eigenvalue weighted by atomic mass is 10.1. The Kier molecular flexibility index (Phi) is 7.19. The number of likely N-dealkylation sites (N-methyl/N-ethyl adjacent to an activating group) is 1. The standard InChI is InChI=1S/C22H27FN4O2/c1-26-12-14-27(15-13-26)20-8-6-19(7-9-20)25-22(29)16-21(28)24-11-10-17-2-4-18(23)5-3-17/h2-9H,10-16H2,1H3,(H,24,28)(H,25,29). The molecule has 1 aliphatic rings. The van der Waals surface area contributed by atoms with Crippen molar-refractivity contribution in [1.29, 1.82) is 0 Å². The van der Waals surface area contributed by atoms with Gasteiger partial charge in [-0.05, 0) is 55.4 Å². The molecule has 29 heavy (non-hydrogen) atoms. The van der Waals surface area contributed by atoms with Gasteiger partial charge in [-0.3, -0.25) is 9.59 Å². The maximum Gasteiger partial charge on any atom is 0.233 e. The van der Waals surface area contributed by atoms with E-state index in [9.17, 15) is 14.0 Å². The first-order chi connectivity index (χ1) is 14.0. The fourth-order valence-electron chi connectivity index (χ4n) is 3.23. The van der Waals surface area contributed by atoms with Crippen LogP contribution in [0.4, 0.5) is 15.8 Å². The molecule has 1 saturated heterocycles. The third-order valence-electron chi connectivity index (χ3n) is 4.99. The van der Waals surface area contributed by atoms with Gasteiger partial charge >= 0.3 is 0 Å². The second-order valence-corrected chi connectivity index (χ2v) is 7.29. The molecule has 3 rings (SSSR count). The maximum absolute atomic E-state index is 12.9. The van der Waals surface area contributed by atoms with E-state index in [1.165, 1.54) is 12.1 Å². The number of hydrogen-bond donors (Lipinski definition) is 2. The van der Waals surface area contributed by atoms with Crippen molar-refractivity contribution in [3.63, 3.8) is 0 Å². The first-order valence-electron chi connectivity index (χ1n) is 9.84. The van der Waals surface area contributed by atoms with Gasteiger partial charge in [-0.25, -0.2) is 4.39 Å². The summed E-state index contributed by atoms with van der Waals surface area (Å²) >= 11 is 0. The van der Waals surface area contributed by atoms with E-state index < -0.39 is 0 Å². The van der Waals surface area contributed by atoms with Crippen LogP contribution in [0.3, 0.4) is 0 Å². The van der Waals surface area contributed by atoms with E-state index in [4.69, 9.17) is 0 Å². The van der Waals surface area contributed by atoms with Gasteiger partial charge in [0, 0.05) is 44.1 Å². The molecule has 2 aromatic carbocycles. The van der Waals surface area contributed by atoms with E-state index in [-0.39, 0.29) is 24.1 Å². The predicted octanol–water partition coefficient (Wildman–Crippen LogP) is 2.26. The Bertz CT molecular complexity index is 816. The Labute approximate surface area is 170 Å². The molecule has 0 bridgehead atoms. The topological polar surface area (TPSA) is 64.7 Å². The number of carbonyl (C=O) groups is 2. The summed E-state index contributed by atoms with van der Waals surface area (Å²) in [6, 6.07) is 13.8. The fraction of sp³-hybridized carbons (Fsp3) is 0.364. The highest BCUT2D eigenvalue weighted by atomic mass is 19.1. The molecule has 2 amide bonds. The lowest BCUT2D eigenvalue weighted by molar-refractivity contribution is -0.126. The molecule has 154 valence electrons. The van der Waals surface area contributed by atoms with Crippen molar-refractivity contribution in [2.24, 2.45) is 0 Å². The second-order valence-electron chi connectivity index (χ2n) is 7.29. The molecule has 0 aromatic heterocycles. The Morgan fingerprint density at radius 1 is 0.931 bits per heavy atom. The first-order valence-corrected chi connectivity index (χ1v) is 9.84. The van der Waals surface area contributed by atoms with E-state index in [0.29, 0.717) is 18.7 Å². The van der Waals surface area contributed by atoms with Crippen LogP contribution < -0.4 is 15.5 Å². The molecule has 0 radical (unpaired) electrons. The van der Waals surface area contributed by atoms with Crippen LogP contribution in [0.15, 0.2) is 48.5 Å². The van der Waals surface area contributed by atoms with Crippen LogP contribution in [0.5, 0.6) is 0 Å². The molecule has 0 atom stereocenters. The van der Waals surface area contributed by atoms with Gasteiger partial charge in [0.25, 0.3) is 0 Å². The van der Waals surface area contributed by atoms with Gasteiger partial charge in [-0.1, -0.05) is 12.1 Å². The second kappa shape index (κ2) is 10.0. The van der Waals surface area contributed by atoms with Gasteiger partial charge < -0.3 is 20.4 Å². The van der Waals surface area contributed by atoms with Gasteiger partial charge in [-0.15, -0.1) is 0 Å². The zero-order valence-corrected chi connectivity index (χ0v) is 16.7. The van der Waals surface area contributed by atoms with Crippen LogP contribution in [-0.4, -0.2) is 56.5 Å². The fourth-order valence-corrected chi connectivity index (χ4v) is 3.23. The van der Waals surface area contributed by atoms with Crippen LogP contribution in [-0.2, 0) is 16.0 Å². The van der Waals surface area contributed by atoms with E-state index >= 15 is 0 Å². The Morgan fingerprint density at radius 3 is 2.24 bits per heavy atom. The SMILES string of the molecule is CN1CCN(c2ccc(NC(=O)CC(=O)NCCc3ccc(F)cc3)cc2)CC1. The molecule has 1 heterocycles. The van der Waals surface area contributed by atoms with Crippen LogP contribution in [0, 0.1) is 5.82 Å². The van der Waals surface area contributed by atoms with Crippen molar-refractivity contribution in [2.75, 3.05) is 50.0 Å². The molecule has 1 fully saturated rings. The number of halogens is 1. The summed E-state index contributed by atoms with van der Waals surface area (Å²) in [4.78, 5) is 28.6. The minimum atomic E-state index is -0.350. The number of rotatable bonds is 7. The van der Waals surface area contributed by atoms with Crippen LogP contribution in [0.25, 0.3) is 0 Å². The average molecular weight is 398 g/mol.